The summed E-state index contributed by atoms with van der Waals surface area (Å²) in [5, 5.41) is 2.40. The maximum absolute atomic E-state index is 13.2. The molecule has 4 saturated heterocycles. The molecule has 0 aliphatic carbocycles. The minimum atomic E-state index is -3.50. The normalized spacial score (nSPS) is 23.7. The number of imide groups is 1. The molecular weight excluding hydrogens is 594 g/mol. The summed E-state index contributed by atoms with van der Waals surface area (Å²) < 4.78 is 35.1. The van der Waals surface area contributed by atoms with Crippen LogP contribution in [0.5, 0.6) is 0 Å². The zero-order valence-corrected chi connectivity index (χ0v) is 26.0. The van der Waals surface area contributed by atoms with Crippen molar-refractivity contribution >= 4 is 40.3 Å². The fourth-order valence-electron chi connectivity index (χ4n) is 6.25. The molecule has 4 aliphatic rings. The Balaban J connectivity index is 0.00000423. The lowest BCUT2D eigenvalue weighted by molar-refractivity contribution is -0.139. The van der Waals surface area contributed by atoms with Gasteiger partial charge in [0.25, 0.3) is 10.2 Å². The van der Waals surface area contributed by atoms with Crippen molar-refractivity contribution < 1.29 is 27.5 Å². The molecule has 0 spiro atoms. The van der Waals surface area contributed by atoms with Crippen LogP contribution in [-0.4, -0.2) is 97.7 Å². The van der Waals surface area contributed by atoms with Gasteiger partial charge in [0.2, 0.25) is 17.7 Å². The van der Waals surface area contributed by atoms with Crippen LogP contribution in [-0.2, 0) is 29.3 Å². The third-order valence-electron chi connectivity index (χ3n) is 8.86. The number of nitrogens with two attached hydrogens (primary N) is 1. The average Bonchev–Trinajstić information content (AvgIpc) is 3.00. The van der Waals surface area contributed by atoms with E-state index in [0.717, 1.165) is 24.0 Å². The molecule has 11 nitrogen and oxygen atoms in total. The van der Waals surface area contributed by atoms with Gasteiger partial charge >= 0.3 is 0 Å². The average molecular weight is 636 g/mol. The second kappa shape index (κ2) is 15.0. The van der Waals surface area contributed by atoms with E-state index >= 15 is 0 Å². The van der Waals surface area contributed by atoms with Crippen LogP contribution in [0.3, 0.4) is 0 Å². The molecule has 0 saturated carbocycles. The van der Waals surface area contributed by atoms with E-state index in [9.17, 15) is 22.8 Å². The van der Waals surface area contributed by atoms with E-state index in [1.54, 1.807) is 0 Å². The van der Waals surface area contributed by atoms with E-state index in [0.29, 0.717) is 77.8 Å². The number of carbonyl (C=O) groups is 3. The predicted molar refractivity (Wildman–Crippen MR) is 163 cm³/mol. The Bertz CT molecular complexity index is 1320. The van der Waals surface area contributed by atoms with Crippen LogP contribution in [0.15, 0.2) is 24.3 Å². The lowest BCUT2D eigenvalue weighted by Gasteiger charge is -2.39. The number of rotatable bonds is 6. The maximum Gasteiger partial charge on any atom is 0.281 e. The van der Waals surface area contributed by atoms with Gasteiger partial charge in [-0.15, -0.1) is 12.4 Å². The van der Waals surface area contributed by atoms with Crippen molar-refractivity contribution in [3.63, 3.8) is 0 Å². The number of halogens is 1. The number of nitrogens with zero attached hydrogens (tertiary/aromatic N) is 3. The van der Waals surface area contributed by atoms with Crippen LogP contribution in [0.2, 0.25) is 0 Å². The van der Waals surface area contributed by atoms with E-state index in [-0.39, 0.29) is 60.7 Å². The number of carbonyl (C=O) groups excluding carboxylic acids is 3. The third-order valence-corrected chi connectivity index (χ3v) is 10.9. The molecular formula is C30H42ClN5O6S. The van der Waals surface area contributed by atoms with Crippen LogP contribution in [0, 0.1) is 17.8 Å². The van der Waals surface area contributed by atoms with Gasteiger partial charge in [0, 0.05) is 63.2 Å². The molecule has 4 heterocycles. The molecule has 236 valence electrons. The largest absolute Gasteiger partial charge is 0.365 e. The molecule has 3 amide bonds. The Labute approximate surface area is 260 Å². The standard InChI is InChI=1S/C30H41N5O6S.ClH/c31-25-10-18-35(19-11-25)42(39,40)34-16-8-23(9-17-34)30(38)33-14-12-26(13-15-33)41-20-2-4-22-3-1-5-24(21-22)27-6-7-28(36)32-29(27)37;/h1,3,5,21,23,25-27H,6-20,31H2,(H,32,36,37);1H. The van der Waals surface area contributed by atoms with Gasteiger partial charge in [-0.1, -0.05) is 24.0 Å². The first kappa shape index (κ1) is 33.4. The number of nitrogens with one attached hydrogen (secondary N) is 1. The molecule has 1 aromatic rings. The zero-order chi connectivity index (χ0) is 29.7. The number of ether oxygens (including phenoxy) is 1. The number of piperidine rings is 4. The van der Waals surface area contributed by atoms with Crippen LogP contribution in [0.1, 0.15) is 68.4 Å². The summed E-state index contributed by atoms with van der Waals surface area (Å²) in [6.07, 6.45) is 4.80. The minimum Gasteiger partial charge on any atom is -0.365 e. The maximum atomic E-state index is 13.2. The van der Waals surface area contributed by atoms with Crippen molar-refractivity contribution in [1.82, 2.24) is 18.8 Å². The number of hydrogen-bond acceptors (Lipinski definition) is 7. The second-order valence-corrected chi connectivity index (χ2v) is 13.6. The third kappa shape index (κ3) is 8.35. The fraction of sp³-hybridized carbons (Fsp3) is 0.633. The lowest BCUT2D eigenvalue weighted by Crippen LogP contribution is -2.52. The number of likely N-dealkylation sites (tertiary alicyclic amines) is 1. The Morgan fingerprint density at radius 2 is 1.60 bits per heavy atom. The van der Waals surface area contributed by atoms with Crippen LogP contribution in [0.25, 0.3) is 0 Å². The molecule has 4 fully saturated rings. The highest BCUT2D eigenvalue weighted by Crippen LogP contribution is 2.27. The predicted octanol–water partition coefficient (Wildman–Crippen LogP) is 1.37. The number of amides is 3. The summed E-state index contributed by atoms with van der Waals surface area (Å²) in [4.78, 5) is 38.7. The summed E-state index contributed by atoms with van der Waals surface area (Å²) in [5.74, 6) is 5.29. The highest BCUT2D eigenvalue weighted by atomic mass is 35.5. The van der Waals surface area contributed by atoms with E-state index in [1.807, 2.05) is 29.2 Å². The van der Waals surface area contributed by atoms with Crippen molar-refractivity contribution in [2.24, 2.45) is 11.7 Å². The Kier molecular flexibility index (Phi) is 11.6. The molecule has 5 rings (SSSR count). The molecule has 3 N–H and O–H groups in total. The quantitative estimate of drug-likeness (QED) is 0.355. The molecule has 1 unspecified atom stereocenters. The van der Waals surface area contributed by atoms with Crippen LogP contribution >= 0.6 is 12.4 Å². The van der Waals surface area contributed by atoms with Gasteiger partial charge < -0.3 is 15.4 Å². The first-order chi connectivity index (χ1) is 20.2. The van der Waals surface area contributed by atoms with Gasteiger partial charge in [-0.25, -0.2) is 0 Å². The Hall–Kier alpha value is -2.53. The molecule has 0 radical (unpaired) electrons. The Morgan fingerprint density at radius 3 is 2.26 bits per heavy atom. The topological polar surface area (TPSA) is 142 Å². The van der Waals surface area contributed by atoms with Gasteiger partial charge in [0.05, 0.1) is 12.0 Å². The first-order valence-electron chi connectivity index (χ1n) is 15.0. The summed E-state index contributed by atoms with van der Waals surface area (Å²) >= 11 is 0. The molecule has 13 heteroatoms. The smallest absolute Gasteiger partial charge is 0.281 e. The van der Waals surface area contributed by atoms with E-state index in [1.165, 1.54) is 8.61 Å². The van der Waals surface area contributed by atoms with Gasteiger partial charge in [-0.2, -0.15) is 17.0 Å². The van der Waals surface area contributed by atoms with Gasteiger partial charge in [0.15, 0.2) is 0 Å². The van der Waals surface area contributed by atoms with Gasteiger partial charge in [0.1, 0.15) is 6.61 Å². The molecule has 43 heavy (non-hydrogen) atoms. The van der Waals surface area contributed by atoms with E-state index < -0.39 is 10.2 Å². The molecule has 1 aromatic carbocycles. The minimum absolute atomic E-state index is 0. The summed E-state index contributed by atoms with van der Waals surface area (Å²) in [5.41, 5.74) is 7.57. The SMILES string of the molecule is Cl.NC1CCN(S(=O)(=O)N2CCC(C(=O)N3CCC(OCC#Cc4cccc(C5CCC(=O)NC5=O)c4)CC3)CC2)CC1. The number of hydrogen-bond donors (Lipinski definition) is 2. The van der Waals surface area contributed by atoms with Crippen LogP contribution < -0.4 is 11.1 Å². The summed E-state index contributed by atoms with van der Waals surface area (Å²) in [6, 6.07) is 7.59. The van der Waals surface area contributed by atoms with E-state index in [2.05, 4.69) is 17.2 Å². The van der Waals surface area contributed by atoms with Crippen molar-refractivity contribution in [1.29, 1.82) is 0 Å². The monoisotopic (exact) mass is 635 g/mol. The highest BCUT2D eigenvalue weighted by Gasteiger charge is 2.37. The van der Waals surface area contributed by atoms with Gasteiger partial charge in [-0.3, -0.25) is 19.7 Å². The van der Waals surface area contributed by atoms with Gasteiger partial charge in [-0.05, 0) is 62.6 Å². The van der Waals surface area contributed by atoms with Crippen molar-refractivity contribution in [3.05, 3.63) is 35.4 Å². The zero-order valence-electron chi connectivity index (χ0n) is 24.4. The molecule has 1 atom stereocenters. The first-order valence-corrected chi connectivity index (χ1v) is 16.4. The second-order valence-electron chi connectivity index (χ2n) is 11.7. The molecule has 0 aromatic heterocycles. The lowest BCUT2D eigenvalue weighted by atomic mass is 9.90. The fourth-order valence-corrected chi connectivity index (χ4v) is 7.92. The molecule has 4 aliphatic heterocycles. The Morgan fingerprint density at radius 1 is 0.953 bits per heavy atom. The van der Waals surface area contributed by atoms with E-state index in [4.69, 9.17) is 10.5 Å². The molecule has 0 bridgehead atoms. The highest BCUT2D eigenvalue weighted by molar-refractivity contribution is 7.86. The van der Waals surface area contributed by atoms with Crippen molar-refractivity contribution in [3.8, 4) is 11.8 Å². The summed E-state index contributed by atoms with van der Waals surface area (Å²) in [6.45, 7) is 3.18. The van der Waals surface area contributed by atoms with Crippen molar-refractivity contribution in [2.75, 3.05) is 45.9 Å². The van der Waals surface area contributed by atoms with Crippen molar-refractivity contribution in [2.45, 2.75) is 69.4 Å². The summed E-state index contributed by atoms with van der Waals surface area (Å²) in [7, 11) is -3.50. The number of benzene rings is 1. The van der Waals surface area contributed by atoms with Crippen LogP contribution in [0.4, 0.5) is 0 Å².